The van der Waals surface area contributed by atoms with Crippen molar-refractivity contribution in [1.82, 2.24) is 10.2 Å². The first-order valence-electron chi connectivity index (χ1n) is 8.79. The van der Waals surface area contributed by atoms with Crippen molar-refractivity contribution in [2.75, 3.05) is 26.2 Å². The monoisotopic (exact) mass is 295 g/mol. The van der Waals surface area contributed by atoms with Gasteiger partial charge in [0.2, 0.25) is 5.91 Å². The molecule has 0 aromatic heterocycles. The molecule has 0 spiro atoms. The fourth-order valence-corrected chi connectivity index (χ4v) is 3.76. The topological polar surface area (TPSA) is 58.4 Å². The Kier molecular flexibility index (Phi) is 6.06. The Morgan fingerprint density at radius 1 is 1.24 bits per heavy atom. The maximum absolute atomic E-state index is 12.3. The van der Waals surface area contributed by atoms with E-state index in [1.165, 1.54) is 32.4 Å². The zero-order valence-corrected chi connectivity index (χ0v) is 13.9. The van der Waals surface area contributed by atoms with E-state index in [0.29, 0.717) is 5.92 Å². The maximum atomic E-state index is 12.3. The molecule has 2 aliphatic rings. The normalized spacial score (nSPS) is 32.0. The minimum absolute atomic E-state index is 0.0707. The summed E-state index contributed by atoms with van der Waals surface area (Å²) in [5.74, 6) is 1.53. The summed E-state index contributed by atoms with van der Waals surface area (Å²) in [6.45, 7) is 8.83. The van der Waals surface area contributed by atoms with Crippen molar-refractivity contribution in [3.63, 3.8) is 0 Å². The van der Waals surface area contributed by atoms with Crippen LogP contribution >= 0.6 is 0 Å². The lowest BCUT2D eigenvalue weighted by molar-refractivity contribution is -0.128. The van der Waals surface area contributed by atoms with Gasteiger partial charge in [0, 0.05) is 6.54 Å². The molecule has 4 heteroatoms. The summed E-state index contributed by atoms with van der Waals surface area (Å²) < 4.78 is 0. The van der Waals surface area contributed by atoms with Gasteiger partial charge in [-0.3, -0.25) is 4.79 Å². The Hall–Kier alpha value is -0.610. The second kappa shape index (κ2) is 7.59. The van der Waals surface area contributed by atoms with Crippen molar-refractivity contribution in [3.8, 4) is 0 Å². The second-order valence-corrected chi connectivity index (χ2v) is 7.49. The van der Waals surface area contributed by atoms with Crippen LogP contribution in [-0.2, 0) is 4.79 Å². The Morgan fingerprint density at radius 3 is 2.62 bits per heavy atom. The first kappa shape index (κ1) is 16.8. The van der Waals surface area contributed by atoms with Crippen molar-refractivity contribution in [2.45, 2.75) is 64.3 Å². The van der Waals surface area contributed by atoms with Gasteiger partial charge in [-0.2, -0.15) is 0 Å². The Bertz CT molecular complexity index is 339. The van der Waals surface area contributed by atoms with Crippen molar-refractivity contribution < 1.29 is 4.79 Å². The molecule has 1 saturated carbocycles. The molecule has 2 unspecified atom stereocenters. The highest BCUT2D eigenvalue weighted by Gasteiger charge is 2.37. The Morgan fingerprint density at radius 2 is 1.95 bits per heavy atom. The average molecular weight is 295 g/mol. The van der Waals surface area contributed by atoms with Crippen molar-refractivity contribution in [1.29, 1.82) is 0 Å². The molecule has 122 valence electrons. The molecule has 0 radical (unpaired) electrons. The minimum atomic E-state index is -0.613. The molecule has 1 aliphatic heterocycles. The van der Waals surface area contributed by atoms with Gasteiger partial charge in [0.05, 0.1) is 5.54 Å². The molecular weight excluding hydrogens is 262 g/mol. The maximum Gasteiger partial charge on any atom is 0.240 e. The Labute approximate surface area is 129 Å². The first-order valence-corrected chi connectivity index (χ1v) is 8.79. The van der Waals surface area contributed by atoms with Crippen molar-refractivity contribution in [3.05, 3.63) is 0 Å². The molecule has 1 aliphatic carbocycles. The highest BCUT2D eigenvalue weighted by Crippen LogP contribution is 2.30. The van der Waals surface area contributed by atoms with Crippen molar-refractivity contribution >= 4 is 5.91 Å². The number of amides is 1. The van der Waals surface area contributed by atoms with E-state index in [4.69, 9.17) is 5.73 Å². The first-order chi connectivity index (χ1) is 9.99. The summed E-state index contributed by atoms with van der Waals surface area (Å²) in [6, 6.07) is 0. The molecule has 0 aromatic carbocycles. The molecular formula is C17H33N3O. The van der Waals surface area contributed by atoms with Gasteiger partial charge in [-0.15, -0.1) is 0 Å². The third kappa shape index (κ3) is 4.96. The third-order valence-corrected chi connectivity index (χ3v) is 5.30. The summed E-state index contributed by atoms with van der Waals surface area (Å²) in [5.41, 5.74) is 5.70. The van der Waals surface area contributed by atoms with Gasteiger partial charge in [-0.1, -0.05) is 26.7 Å². The number of likely N-dealkylation sites (tertiary alicyclic amines) is 1. The van der Waals surface area contributed by atoms with Gasteiger partial charge < -0.3 is 16.0 Å². The van der Waals surface area contributed by atoms with E-state index < -0.39 is 5.54 Å². The lowest BCUT2D eigenvalue weighted by atomic mass is 9.76. The molecule has 1 saturated heterocycles. The number of carbonyl (C=O) groups excluding carboxylic acids is 1. The number of carbonyl (C=O) groups is 1. The van der Waals surface area contributed by atoms with Gasteiger partial charge in [0.15, 0.2) is 0 Å². The van der Waals surface area contributed by atoms with Crippen LogP contribution in [0.5, 0.6) is 0 Å². The number of nitrogens with one attached hydrogen (secondary N) is 1. The van der Waals surface area contributed by atoms with E-state index in [1.54, 1.807) is 0 Å². The molecule has 2 rings (SSSR count). The number of rotatable bonds is 5. The van der Waals surface area contributed by atoms with E-state index >= 15 is 0 Å². The van der Waals surface area contributed by atoms with Gasteiger partial charge >= 0.3 is 0 Å². The van der Waals surface area contributed by atoms with Crippen LogP contribution in [0.3, 0.4) is 0 Å². The fourth-order valence-electron chi connectivity index (χ4n) is 3.76. The summed E-state index contributed by atoms with van der Waals surface area (Å²) in [7, 11) is 0. The zero-order chi connectivity index (χ0) is 15.3. The lowest BCUT2D eigenvalue weighted by Gasteiger charge is -2.35. The average Bonchev–Trinajstić information content (AvgIpc) is 2.45. The standard InChI is InChI=1S/C17H33N3O/c1-14-6-11-20(12-7-14)10-4-9-19-16(21)17(18)8-3-5-15(2)13-17/h14-15H,3-13,18H2,1-2H3,(H,19,21). The quantitative estimate of drug-likeness (QED) is 0.764. The van der Waals surface area contributed by atoms with Crippen LogP contribution in [0.25, 0.3) is 0 Å². The number of piperidine rings is 1. The van der Waals surface area contributed by atoms with E-state index in [1.807, 2.05) is 0 Å². The summed E-state index contributed by atoms with van der Waals surface area (Å²) >= 11 is 0. The van der Waals surface area contributed by atoms with E-state index in [-0.39, 0.29) is 5.91 Å². The van der Waals surface area contributed by atoms with Gasteiger partial charge in [0.25, 0.3) is 0 Å². The van der Waals surface area contributed by atoms with Gasteiger partial charge in [-0.25, -0.2) is 0 Å². The van der Waals surface area contributed by atoms with E-state index in [2.05, 4.69) is 24.1 Å². The summed E-state index contributed by atoms with van der Waals surface area (Å²) in [6.07, 6.45) is 7.63. The Balaban J connectivity index is 1.63. The van der Waals surface area contributed by atoms with E-state index in [0.717, 1.165) is 44.7 Å². The minimum Gasteiger partial charge on any atom is -0.354 e. The zero-order valence-electron chi connectivity index (χ0n) is 13.9. The fraction of sp³-hybridized carbons (Fsp3) is 0.941. The van der Waals surface area contributed by atoms with Crippen LogP contribution in [-0.4, -0.2) is 42.5 Å². The van der Waals surface area contributed by atoms with Gasteiger partial charge in [0.1, 0.15) is 0 Å². The number of hydrogen-bond donors (Lipinski definition) is 2. The SMILES string of the molecule is CC1CCN(CCCNC(=O)C2(N)CCCC(C)C2)CC1. The van der Waals surface area contributed by atoms with Crippen molar-refractivity contribution in [2.24, 2.45) is 17.6 Å². The second-order valence-electron chi connectivity index (χ2n) is 7.49. The van der Waals surface area contributed by atoms with Crippen LogP contribution in [0.1, 0.15) is 58.8 Å². The highest BCUT2D eigenvalue weighted by atomic mass is 16.2. The number of hydrogen-bond acceptors (Lipinski definition) is 3. The molecule has 21 heavy (non-hydrogen) atoms. The largest absolute Gasteiger partial charge is 0.354 e. The van der Waals surface area contributed by atoms with Crippen LogP contribution in [0.15, 0.2) is 0 Å². The van der Waals surface area contributed by atoms with E-state index in [9.17, 15) is 4.79 Å². The van der Waals surface area contributed by atoms with Crippen LogP contribution in [0.2, 0.25) is 0 Å². The summed E-state index contributed by atoms with van der Waals surface area (Å²) in [5, 5.41) is 3.07. The predicted molar refractivity (Wildman–Crippen MR) is 87.0 cm³/mol. The molecule has 3 N–H and O–H groups in total. The molecule has 2 fully saturated rings. The number of nitrogens with zero attached hydrogens (tertiary/aromatic N) is 1. The molecule has 0 aromatic rings. The van der Waals surface area contributed by atoms with Crippen LogP contribution in [0.4, 0.5) is 0 Å². The molecule has 2 atom stereocenters. The highest BCUT2D eigenvalue weighted by molar-refractivity contribution is 5.86. The molecule has 1 amide bonds. The summed E-state index contributed by atoms with van der Waals surface area (Å²) in [4.78, 5) is 14.8. The molecule has 0 bridgehead atoms. The van der Waals surface area contributed by atoms with Gasteiger partial charge in [-0.05, 0) is 63.6 Å². The lowest BCUT2D eigenvalue weighted by Crippen LogP contribution is -2.56. The third-order valence-electron chi connectivity index (χ3n) is 5.30. The number of nitrogens with two attached hydrogens (primary N) is 1. The molecule has 1 heterocycles. The van der Waals surface area contributed by atoms with Crippen LogP contribution in [0, 0.1) is 11.8 Å². The smallest absolute Gasteiger partial charge is 0.240 e. The molecule has 4 nitrogen and oxygen atoms in total. The van der Waals surface area contributed by atoms with Crippen LogP contribution < -0.4 is 11.1 Å². The predicted octanol–water partition coefficient (Wildman–Crippen LogP) is 2.13.